The van der Waals surface area contributed by atoms with Crippen LogP contribution in [-0.2, 0) is 22.5 Å². The van der Waals surface area contributed by atoms with Crippen LogP contribution in [0.5, 0.6) is 0 Å². The smallest absolute Gasteiger partial charge is 0.147 e. The van der Waals surface area contributed by atoms with Gasteiger partial charge in [0, 0.05) is 12.6 Å². The Morgan fingerprint density at radius 2 is 2.35 bits per heavy atom. The highest BCUT2D eigenvalue weighted by Crippen LogP contribution is 2.17. The SMILES string of the molecule is CCNC1COCC1C(=O)Cc1ncnn1CC(C)C. The van der Waals surface area contributed by atoms with Crippen molar-refractivity contribution in [1.29, 1.82) is 0 Å². The molecule has 0 aliphatic carbocycles. The maximum atomic E-state index is 12.4. The highest BCUT2D eigenvalue weighted by atomic mass is 16.5. The average molecular weight is 280 g/mol. The van der Waals surface area contributed by atoms with Gasteiger partial charge in [-0.3, -0.25) is 4.79 Å². The second-order valence-corrected chi connectivity index (χ2v) is 5.70. The highest BCUT2D eigenvalue weighted by Gasteiger charge is 2.33. The molecular formula is C14H24N4O2. The summed E-state index contributed by atoms with van der Waals surface area (Å²) in [6, 6.07) is 0.133. The van der Waals surface area contributed by atoms with E-state index >= 15 is 0 Å². The van der Waals surface area contributed by atoms with Gasteiger partial charge < -0.3 is 10.1 Å². The molecule has 6 nitrogen and oxygen atoms in total. The maximum Gasteiger partial charge on any atom is 0.147 e. The molecule has 1 aliphatic heterocycles. The molecule has 2 heterocycles. The van der Waals surface area contributed by atoms with Gasteiger partial charge in [-0.15, -0.1) is 0 Å². The van der Waals surface area contributed by atoms with E-state index in [4.69, 9.17) is 4.74 Å². The molecule has 2 rings (SSSR count). The van der Waals surface area contributed by atoms with Crippen LogP contribution in [0.1, 0.15) is 26.6 Å². The molecule has 20 heavy (non-hydrogen) atoms. The van der Waals surface area contributed by atoms with Crippen LogP contribution in [0.15, 0.2) is 6.33 Å². The van der Waals surface area contributed by atoms with Gasteiger partial charge in [-0.1, -0.05) is 20.8 Å². The Bertz CT molecular complexity index is 444. The Morgan fingerprint density at radius 1 is 1.55 bits per heavy atom. The van der Waals surface area contributed by atoms with Gasteiger partial charge in [0.15, 0.2) is 0 Å². The van der Waals surface area contributed by atoms with E-state index in [0.29, 0.717) is 25.6 Å². The minimum Gasteiger partial charge on any atom is -0.379 e. The first kappa shape index (κ1) is 15.1. The fraction of sp³-hybridized carbons (Fsp3) is 0.786. The number of nitrogens with one attached hydrogen (secondary N) is 1. The second-order valence-electron chi connectivity index (χ2n) is 5.70. The normalized spacial score (nSPS) is 22.6. The van der Waals surface area contributed by atoms with E-state index in [1.165, 1.54) is 6.33 Å². The topological polar surface area (TPSA) is 69.0 Å². The number of likely N-dealkylation sites (N-methyl/N-ethyl adjacent to an activating group) is 1. The predicted octanol–water partition coefficient (Wildman–Crippen LogP) is 0.670. The number of ether oxygens (including phenoxy) is 1. The van der Waals surface area contributed by atoms with Crippen molar-refractivity contribution < 1.29 is 9.53 Å². The monoisotopic (exact) mass is 280 g/mol. The Hall–Kier alpha value is -1.27. The molecular weight excluding hydrogens is 256 g/mol. The summed E-state index contributed by atoms with van der Waals surface area (Å²) in [6.45, 7) is 9.05. The van der Waals surface area contributed by atoms with Crippen molar-refractivity contribution in [2.45, 2.75) is 39.8 Å². The number of hydrogen-bond acceptors (Lipinski definition) is 5. The van der Waals surface area contributed by atoms with Gasteiger partial charge in [-0.25, -0.2) is 9.67 Å². The molecule has 2 unspecified atom stereocenters. The highest BCUT2D eigenvalue weighted by molar-refractivity contribution is 5.83. The summed E-state index contributed by atoms with van der Waals surface area (Å²) in [4.78, 5) is 16.7. The zero-order valence-electron chi connectivity index (χ0n) is 12.5. The first-order valence-electron chi connectivity index (χ1n) is 7.32. The molecule has 1 N–H and O–H groups in total. The summed E-state index contributed by atoms with van der Waals surface area (Å²) in [5, 5.41) is 7.51. The van der Waals surface area contributed by atoms with Crippen LogP contribution in [0.25, 0.3) is 0 Å². The standard InChI is InChI=1S/C14H24N4O2/c1-4-15-12-8-20-7-11(12)13(19)5-14-16-9-17-18(14)6-10(2)3/h9-12,15H,4-8H2,1-3H3. The number of rotatable bonds is 7. The van der Waals surface area contributed by atoms with Crippen molar-refractivity contribution in [3.05, 3.63) is 12.2 Å². The van der Waals surface area contributed by atoms with E-state index in [0.717, 1.165) is 18.9 Å². The number of hydrogen-bond donors (Lipinski definition) is 1. The Labute approximate surface area is 119 Å². The number of nitrogens with zero attached hydrogens (tertiary/aromatic N) is 3. The zero-order chi connectivity index (χ0) is 14.5. The molecule has 1 aromatic heterocycles. The lowest BCUT2D eigenvalue weighted by atomic mass is 9.96. The van der Waals surface area contributed by atoms with Crippen molar-refractivity contribution in [3.63, 3.8) is 0 Å². The summed E-state index contributed by atoms with van der Waals surface area (Å²) in [6.07, 6.45) is 1.86. The van der Waals surface area contributed by atoms with Crippen LogP contribution >= 0.6 is 0 Å². The van der Waals surface area contributed by atoms with Crippen molar-refractivity contribution in [2.24, 2.45) is 11.8 Å². The third-order valence-electron chi connectivity index (χ3n) is 3.53. The predicted molar refractivity (Wildman–Crippen MR) is 75.3 cm³/mol. The fourth-order valence-electron chi connectivity index (χ4n) is 2.55. The van der Waals surface area contributed by atoms with E-state index in [2.05, 4.69) is 29.2 Å². The first-order valence-corrected chi connectivity index (χ1v) is 7.32. The van der Waals surface area contributed by atoms with E-state index in [9.17, 15) is 4.79 Å². The summed E-state index contributed by atoms with van der Waals surface area (Å²) < 4.78 is 7.27. The summed E-state index contributed by atoms with van der Waals surface area (Å²) >= 11 is 0. The molecule has 0 spiro atoms. The first-order chi connectivity index (χ1) is 9.61. The van der Waals surface area contributed by atoms with Crippen LogP contribution in [0.3, 0.4) is 0 Å². The van der Waals surface area contributed by atoms with Gasteiger partial charge in [-0.05, 0) is 12.5 Å². The number of carbonyl (C=O) groups excluding carboxylic acids is 1. The largest absolute Gasteiger partial charge is 0.379 e. The fourth-order valence-corrected chi connectivity index (χ4v) is 2.55. The van der Waals surface area contributed by atoms with Crippen molar-refractivity contribution >= 4 is 5.78 Å². The summed E-state index contributed by atoms with van der Waals surface area (Å²) in [7, 11) is 0. The van der Waals surface area contributed by atoms with E-state index in [-0.39, 0.29) is 17.7 Å². The number of Topliss-reactive ketones (excluding diaryl/α,β-unsaturated/α-hetero) is 1. The van der Waals surface area contributed by atoms with E-state index in [1.807, 2.05) is 11.6 Å². The molecule has 112 valence electrons. The molecule has 0 saturated carbocycles. The van der Waals surface area contributed by atoms with Gasteiger partial charge in [0.2, 0.25) is 0 Å². The van der Waals surface area contributed by atoms with Gasteiger partial charge >= 0.3 is 0 Å². The van der Waals surface area contributed by atoms with Crippen LogP contribution in [0.4, 0.5) is 0 Å². The lowest BCUT2D eigenvalue weighted by Gasteiger charge is -2.17. The third-order valence-corrected chi connectivity index (χ3v) is 3.53. The van der Waals surface area contributed by atoms with Crippen LogP contribution in [0.2, 0.25) is 0 Å². The van der Waals surface area contributed by atoms with Crippen molar-refractivity contribution in [2.75, 3.05) is 19.8 Å². The maximum absolute atomic E-state index is 12.4. The molecule has 2 atom stereocenters. The quantitative estimate of drug-likeness (QED) is 0.795. The molecule has 0 radical (unpaired) electrons. The molecule has 0 bridgehead atoms. The Kier molecular flexibility index (Phi) is 5.25. The van der Waals surface area contributed by atoms with Gasteiger partial charge in [0.25, 0.3) is 0 Å². The molecule has 0 amide bonds. The summed E-state index contributed by atoms with van der Waals surface area (Å²) in [5.74, 6) is 1.35. The minimum atomic E-state index is -0.0702. The molecule has 1 saturated heterocycles. The van der Waals surface area contributed by atoms with Crippen molar-refractivity contribution in [3.8, 4) is 0 Å². The van der Waals surface area contributed by atoms with Crippen LogP contribution < -0.4 is 5.32 Å². The Balaban J connectivity index is 1.99. The number of aromatic nitrogens is 3. The van der Waals surface area contributed by atoms with E-state index in [1.54, 1.807) is 0 Å². The second kappa shape index (κ2) is 6.95. The van der Waals surface area contributed by atoms with Crippen LogP contribution in [0, 0.1) is 11.8 Å². The van der Waals surface area contributed by atoms with Gasteiger partial charge in [0.1, 0.15) is 17.9 Å². The Morgan fingerprint density at radius 3 is 3.05 bits per heavy atom. The lowest BCUT2D eigenvalue weighted by molar-refractivity contribution is -0.122. The number of ketones is 1. The number of carbonyl (C=O) groups is 1. The molecule has 1 aliphatic rings. The minimum absolute atomic E-state index is 0.0702. The molecule has 1 fully saturated rings. The molecule has 6 heteroatoms. The summed E-state index contributed by atoms with van der Waals surface area (Å²) in [5.41, 5.74) is 0. The average Bonchev–Trinajstić information content (AvgIpc) is 2.99. The van der Waals surface area contributed by atoms with E-state index < -0.39 is 0 Å². The lowest BCUT2D eigenvalue weighted by Crippen LogP contribution is -2.39. The van der Waals surface area contributed by atoms with Gasteiger partial charge in [0.05, 0.1) is 25.6 Å². The third kappa shape index (κ3) is 3.64. The zero-order valence-corrected chi connectivity index (χ0v) is 12.5. The van der Waals surface area contributed by atoms with Crippen LogP contribution in [-0.4, -0.2) is 46.3 Å². The molecule has 0 aromatic carbocycles. The van der Waals surface area contributed by atoms with Crippen molar-refractivity contribution in [1.82, 2.24) is 20.1 Å². The molecule has 1 aromatic rings. The van der Waals surface area contributed by atoms with Gasteiger partial charge in [-0.2, -0.15) is 5.10 Å².